The van der Waals surface area contributed by atoms with Crippen molar-refractivity contribution in [2.75, 3.05) is 52.7 Å². The Labute approximate surface area is 369 Å². The Morgan fingerprint density at radius 2 is 1.13 bits per heavy atom. The number of carboxylic acid groups (broad SMARTS) is 1. The molecule has 4 aromatic rings. The second-order valence-electron chi connectivity index (χ2n) is 17.2. The Morgan fingerprint density at radius 1 is 0.698 bits per heavy atom. The first-order valence-corrected chi connectivity index (χ1v) is 22.4. The Morgan fingerprint density at radius 3 is 1.54 bits per heavy atom. The van der Waals surface area contributed by atoms with Gasteiger partial charge >= 0.3 is 11.9 Å². The summed E-state index contributed by atoms with van der Waals surface area (Å²) in [6, 6.07) is 14.1. The molecule has 2 aromatic heterocycles. The molecule has 63 heavy (non-hydrogen) atoms. The molecule has 2 fully saturated rings. The van der Waals surface area contributed by atoms with Crippen LogP contribution >= 0.6 is 0 Å². The summed E-state index contributed by atoms with van der Waals surface area (Å²) in [7, 11) is 0. The maximum absolute atomic E-state index is 12.9. The van der Waals surface area contributed by atoms with E-state index in [0.717, 1.165) is 116 Å². The van der Waals surface area contributed by atoms with Gasteiger partial charge in [-0.2, -0.15) is 10.2 Å². The predicted octanol–water partition coefficient (Wildman–Crippen LogP) is 5.69. The zero-order chi connectivity index (χ0) is 45.0. The summed E-state index contributed by atoms with van der Waals surface area (Å²) in [6.45, 7) is 14.1. The van der Waals surface area contributed by atoms with Gasteiger partial charge in [-0.15, -0.1) is 0 Å². The van der Waals surface area contributed by atoms with Crippen molar-refractivity contribution in [1.29, 1.82) is 0 Å². The number of carbonyl (C=O) groups excluding carboxylic acids is 3. The third kappa shape index (κ3) is 11.8. The first-order valence-electron chi connectivity index (χ1n) is 22.4. The Balaban J connectivity index is 0.000000178. The summed E-state index contributed by atoms with van der Waals surface area (Å²) < 4.78 is 20.4. The molecule has 8 rings (SSSR count). The van der Waals surface area contributed by atoms with Crippen molar-refractivity contribution >= 4 is 23.8 Å². The fourth-order valence-corrected chi connectivity index (χ4v) is 8.78. The lowest BCUT2D eigenvalue weighted by atomic mass is 9.76. The average Bonchev–Trinajstić information content (AvgIpc) is 3.73. The highest BCUT2D eigenvalue weighted by molar-refractivity contribution is 5.97. The Bertz CT molecular complexity index is 2180. The lowest BCUT2D eigenvalue weighted by Gasteiger charge is -2.36. The molecule has 15 heteroatoms. The van der Waals surface area contributed by atoms with Crippen LogP contribution in [0.5, 0.6) is 0 Å². The lowest BCUT2D eigenvalue weighted by molar-refractivity contribution is 0.0151. The first kappa shape index (κ1) is 47.1. The zero-order valence-electron chi connectivity index (χ0n) is 37.3. The van der Waals surface area contributed by atoms with Gasteiger partial charge in [0.05, 0.1) is 51.6 Å². The van der Waals surface area contributed by atoms with Gasteiger partial charge in [0.15, 0.2) is 0 Å². The third-order valence-corrected chi connectivity index (χ3v) is 12.7. The minimum atomic E-state index is -0.875. The molecule has 0 aliphatic carbocycles. The molecule has 4 aliphatic rings. The summed E-state index contributed by atoms with van der Waals surface area (Å²) >= 11 is 0. The van der Waals surface area contributed by atoms with Gasteiger partial charge in [-0.25, -0.2) is 9.59 Å². The van der Waals surface area contributed by atoms with E-state index in [1.807, 2.05) is 49.2 Å². The summed E-state index contributed by atoms with van der Waals surface area (Å²) in [6.07, 6.45) is 8.27. The number of ether oxygens (including phenoxy) is 3. The molecule has 2 saturated heterocycles. The minimum absolute atomic E-state index is 0.00506. The molecular weight excluding hydrogens is 805 g/mol. The number of nitrogens with zero attached hydrogens (tertiary/aromatic N) is 4. The van der Waals surface area contributed by atoms with Crippen LogP contribution in [0.1, 0.15) is 128 Å². The van der Waals surface area contributed by atoms with Crippen molar-refractivity contribution in [3.63, 3.8) is 0 Å². The van der Waals surface area contributed by atoms with Crippen LogP contribution in [-0.4, -0.2) is 106 Å². The normalized spacial score (nSPS) is 17.3. The van der Waals surface area contributed by atoms with Crippen LogP contribution in [0.3, 0.4) is 0 Å². The van der Waals surface area contributed by atoms with Gasteiger partial charge in [-0.1, -0.05) is 49.2 Å². The van der Waals surface area contributed by atoms with Gasteiger partial charge in [0.25, 0.3) is 11.8 Å². The van der Waals surface area contributed by atoms with Crippen molar-refractivity contribution in [2.45, 2.75) is 105 Å². The molecule has 0 saturated carbocycles. The number of esters is 1. The van der Waals surface area contributed by atoms with Crippen LogP contribution in [0.2, 0.25) is 0 Å². The molecule has 2 spiro atoms. The number of aromatic nitrogens is 4. The van der Waals surface area contributed by atoms with Gasteiger partial charge in [0, 0.05) is 65.6 Å². The first-order chi connectivity index (χ1) is 30.4. The number of fused-ring (bicyclic) bond motifs is 2. The maximum Gasteiger partial charge on any atom is 0.338 e. The monoisotopic (exact) mass is 868 g/mol. The second-order valence-corrected chi connectivity index (χ2v) is 17.2. The third-order valence-electron chi connectivity index (χ3n) is 12.7. The maximum atomic E-state index is 12.9. The number of amides is 2. The molecular formula is C48H64N6O9. The van der Waals surface area contributed by atoms with Gasteiger partial charge in [-0.05, 0) is 107 Å². The van der Waals surface area contributed by atoms with E-state index in [4.69, 9.17) is 29.5 Å². The number of nitrogens with one attached hydrogen (secondary N) is 2. The standard InChI is InChI=1S/C24H31N3O4.C16H25N3O3.C8H8O2/c1-3-19-21-20(15-24(16-25-22(21)28)9-13-30-14-10-24)27(26-19)11-4-12-31-23(29)18-7-5-17(2)6-8-18;1-2-12-14-13(19(18-12)6-3-7-20)10-16(11-17-15(14)21)4-8-22-9-5-16;1-6-2-4-7(5-3-6)8(9)10/h5-8H,3-4,9-16H2,1-2H3,(H,25,28);20H,2-11H2,1H3,(H,17,21);2-5H,1H3,(H,9,10). The highest BCUT2D eigenvalue weighted by Gasteiger charge is 2.41. The number of benzene rings is 2. The van der Waals surface area contributed by atoms with E-state index in [-0.39, 0.29) is 35.2 Å². The average molecular weight is 869 g/mol. The molecule has 340 valence electrons. The molecule has 0 unspecified atom stereocenters. The van der Waals surface area contributed by atoms with Gasteiger partial charge in [0.2, 0.25) is 0 Å². The highest BCUT2D eigenvalue weighted by atomic mass is 16.5. The van der Waals surface area contributed by atoms with Crippen LogP contribution in [0, 0.1) is 24.7 Å². The van der Waals surface area contributed by atoms with E-state index in [1.165, 1.54) is 0 Å². The molecule has 6 heterocycles. The molecule has 0 bridgehead atoms. The fourth-order valence-electron chi connectivity index (χ4n) is 8.78. The summed E-state index contributed by atoms with van der Waals surface area (Å²) in [5.74, 6) is -1.20. The smallest absolute Gasteiger partial charge is 0.338 e. The number of aliphatic hydroxyl groups is 1. The van der Waals surface area contributed by atoms with Crippen LogP contribution in [0.25, 0.3) is 0 Å². The summed E-state index contributed by atoms with van der Waals surface area (Å²) in [4.78, 5) is 48.0. The number of rotatable bonds is 11. The van der Waals surface area contributed by atoms with Gasteiger partial charge < -0.3 is 35.1 Å². The largest absolute Gasteiger partial charge is 0.478 e. The van der Waals surface area contributed by atoms with Crippen LogP contribution in [0.4, 0.5) is 0 Å². The molecule has 15 nitrogen and oxygen atoms in total. The van der Waals surface area contributed by atoms with Crippen LogP contribution < -0.4 is 10.6 Å². The number of aromatic carboxylic acids is 1. The second kappa shape index (κ2) is 21.8. The predicted molar refractivity (Wildman–Crippen MR) is 236 cm³/mol. The SMILES string of the molecule is CCc1nn(CCCO)c2c1C(=O)NCC1(CCOCC1)C2.CCc1nn(CCCOC(=O)c2ccc(C)cc2)c2c1C(=O)NCC1(CCOCC1)C2.Cc1ccc(C(=O)O)cc1. The van der Waals surface area contributed by atoms with Crippen molar-refractivity contribution in [1.82, 2.24) is 30.2 Å². The van der Waals surface area contributed by atoms with E-state index in [1.54, 1.807) is 36.4 Å². The van der Waals surface area contributed by atoms with Gasteiger partial charge in [-0.3, -0.25) is 19.0 Å². The van der Waals surface area contributed by atoms with Crippen LogP contribution in [0.15, 0.2) is 48.5 Å². The minimum Gasteiger partial charge on any atom is -0.478 e. The molecule has 0 atom stereocenters. The fraction of sp³-hybridized carbons (Fsp3) is 0.542. The molecule has 4 N–H and O–H groups in total. The highest BCUT2D eigenvalue weighted by Crippen LogP contribution is 2.39. The topological polar surface area (TPSA) is 196 Å². The zero-order valence-corrected chi connectivity index (χ0v) is 37.3. The number of hydrogen-bond donors (Lipinski definition) is 4. The molecule has 4 aliphatic heterocycles. The van der Waals surface area contributed by atoms with Crippen molar-refractivity contribution in [2.24, 2.45) is 10.8 Å². The molecule has 2 aromatic carbocycles. The number of aryl methyl sites for hydroxylation is 6. The van der Waals surface area contributed by atoms with Gasteiger partial charge in [0.1, 0.15) is 0 Å². The van der Waals surface area contributed by atoms with E-state index < -0.39 is 5.97 Å². The van der Waals surface area contributed by atoms with E-state index in [2.05, 4.69) is 15.7 Å². The number of carboxylic acids is 1. The molecule has 2 amide bonds. The number of aliphatic hydroxyl groups excluding tert-OH is 1. The van der Waals surface area contributed by atoms with Crippen molar-refractivity contribution < 1.29 is 43.6 Å². The quantitative estimate of drug-likeness (QED) is 0.107. The Hall–Kier alpha value is -5.38. The Kier molecular flexibility index (Phi) is 16.3. The van der Waals surface area contributed by atoms with E-state index >= 15 is 0 Å². The number of carbonyl (C=O) groups is 4. The number of hydrogen-bond acceptors (Lipinski definition) is 10. The van der Waals surface area contributed by atoms with E-state index in [0.29, 0.717) is 63.2 Å². The van der Waals surface area contributed by atoms with Crippen molar-refractivity contribution in [3.05, 3.63) is 105 Å². The summed E-state index contributed by atoms with van der Waals surface area (Å²) in [5.41, 5.74) is 8.46. The molecule has 0 radical (unpaired) electrons. The summed E-state index contributed by atoms with van der Waals surface area (Å²) in [5, 5.41) is 33.2. The van der Waals surface area contributed by atoms with E-state index in [9.17, 15) is 19.2 Å². The van der Waals surface area contributed by atoms with Crippen LogP contribution in [-0.2, 0) is 53.0 Å². The lowest BCUT2D eigenvalue weighted by Crippen LogP contribution is -2.40. The van der Waals surface area contributed by atoms with Crippen molar-refractivity contribution in [3.8, 4) is 0 Å².